The zero-order valence-electron chi connectivity index (χ0n) is 13.2. The first-order valence-electron chi connectivity index (χ1n) is 7.65. The Bertz CT molecular complexity index is 568. The van der Waals surface area contributed by atoms with Gasteiger partial charge in [-0.3, -0.25) is 0 Å². The van der Waals surface area contributed by atoms with Crippen LogP contribution >= 0.6 is 0 Å². The van der Waals surface area contributed by atoms with E-state index >= 15 is 0 Å². The molecule has 23 heavy (non-hydrogen) atoms. The van der Waals surface area contributed by atoms with E-state index < -0.39 is 18.3 Å². The van der Waals surface area contributed by atoms with Crippen molar-refractivity contribution < 1.29 is 19.4 Å². The highest BCUT2D eigenvalue weighted by Gasteiger charge is 2.27. The number of hydrogen-bond donors (Lipinski definition) is 1. The van der Waals surface area contributed by atoms with Gasteiger partial charge < -0.3 is 19.4 Å². The average molecular weight is 314 g/mol. The monoisotopic (exact) mass is 314 g/mol. The van der Waals surface area contributed by atoms with Crippen molar-refractivity contribution in [1.29, 1.82) is 0 Å². The fourth-order valence-electron chi connectivity index (χ4n) is 2.25. The Kier molecular flexibility index (Phi) is 6.94. The molecule has 0 aliphatic carbocycles. The van der Waals surface area contributed by atoms with E-state index in [0.717, 1.165) is 11.1 Å². The van der Waals surface area contributed by atoms with Crippen LogP contribution in [-0.4, -0.2) is 29.7 Å². The van der Waals surface area contributed by atoms with Gasteiger partial charge in [-0.05, 0) is 18.1 Å². The van der Waals surface area contributed by atoms with Crippen LogP contribution in [0.25, 0.3) is 0 Å². The van der Waals surface area contributed by atoms with Crippen molar-refractivity contribution in [2.24, 2.45) is 0 Å². The van der Waals surface area contributed by atoms with Gasteiger partial charge in [-0.25, -0.2) is 0 Å². The highest BCUT2D eigenvalue weighted by molar-refractivity contribution is 5.57. The van der Waals surface area contributed by atoms with Gasteiger partial charge >= 0.3 is 0 Å². The Hall–Kier alpha value is -2.01. The molecule has 2 aromatic carbocycles. The molecule has 0 heterocycles. The Balaban J connectivity index is 1.94. The molecule has 4 heteroatoms. The lowest BCUT2D eigenvalue weighted by atomic mass is 10.1. The predicted molar refractivity (Wildman–Crippen MR) is 87.8 cm³/mol. The van der Waals surface area contributed by atoms with Crippen molar-refractivity contribution in [1.82, 2.24) is 0 Å². The zero-order valence-corrected chi connectivity index (χ0v) is 13.2. The molecule has 0 unspecified atom stereocenters. The molecule has 0 saturated carbocycles. The number of aldehydes is 1. The van der Waals surface area contributed by atoms with Crippen LogP contribution in [0.4, 0.5) is 0 Å². The molecule has 1 N–H and O–H groups in total. The lowest BCUT2D eigenvalue weighted by Crippen LogP contribution is -2.40. The first kappa shape index (κ1) is 17.3. The highest BCUT2D eigenvalue weighted by atomic mass is 16.5. The molecule has 0 aliphatic heterocycles. The van der Waals surface area contributed by atoms with Gasteiger partial charge in [0.1, 0.15) is 12.2 Å². The zero-order chi connectivity index (χ0) is 16.5. The molecule has 3 atom stereocenters. The van der Waals surface area contributed by atoms with Gasteiger partial charge in [-0.1, -0.05) is 60.7 Å². The van der Waals surface area contributed by atoms with Crippen LogP contribution in [0.3, 0.4) is 0 Å². The third-order valence-electron chi connectivity index (χ3n) is 3.50. The molecule has 2 rings (SSSR count). The number of carbonyl (C=O) groups excluding carboxylic acids is 1. The van der Waals surface area contributed by atoms with E-state index in [1.165, 1.54) is 0 Å². The molecule has 4 nitrogen and oxygen atoms in total. The summed E-state index contributed by atoms with van der Waals surface area (Å²) < 4.78 is 11.4. The molecule has 0 spiro atoms. The number of aliphatic hydroxyl groups is 1. The molecular weight excluding hydrogens is 292 g/mol. The molecule has 0 radical (unpaired) electrons. The Labute approximate surface area is 136 Å². The quantitative estimate of drug-likeness (QED) is 0.723. The van der Waals surface area contributed by atoms with E-state index in [-0.39, 0.29) is 0 Å². The van der Waals surface area contributed by atoms with Crippen LogP contribution in [0.15, 0.2) is 60.7 Å². The van der Waals surface area contributed by atoms with E-state index in [2.05, 4.69) is 0 Å². The second-order valence-electron chi connectivity index (χ2n) is 5.40. The molecule has 0 bridgehead atoms. The normalized spacial score (nSPS) is 14.9. The largest absolute Gasteiger partial charge is 0.391 e. The molecule has 0 aromatic heterocycles. The minimum absolute atomic E-state index is 0.294. The van der Waals surface area contributed by atoms with Crippen LogP contribution in [0.1, 0.15) is 18.1 Å². The summed E-state index contributed by atoms with van der Waals surface area (Å²) in [6.07, 6.45) is -1.66. The Morgan fingerprint density at radius 2 is 1.39 bits per heavy atom. The van der Waals surface area contributed by atoms with Crippen LogP contribution in [-0.2, 0) is 27.5 Å². The fraction of sp³-hybridized carbons (Fsp3) is 0.316. The molecule has 2 aromatic rings. The van der Waals surface area contributed by atoms with E-state index in [1.54, 1.807) is 6.92 Å². The van der Waals surface area contributed by atoms with Crippen molar-refractivity contribution >= 4 is 6.29 Å². The topological polar surface area (TPSA) is 55.8 Å². The maximum absolute atomic E-state index is 11.4. The number of benzene rings is 2. The molecule has 0 amide bonds. The third kappa shape index (κ3) is 5.60. The van der Waals surface area contributed by atoms with Crippen LogP contribution in [0, 0.1) is 0 Å². The van der Waals surface area contributed by atoms with Crippen molar-refractivity contribution in [3.05, 3.63) is 71.8 Å². The first-order valence-corrected chi connectivity index (χ1v) is 7.65. The molecular formula is C19H22O4. The fourth-order valence-corrected chi connectivity index (χ4v) is 2.25. The minimum atomic E-state index is -0.820. The van der Waals surface area contributed by atoms with Crippen molar-refractivity contribution in [2.45, 2.75) is 38.4 Å². The van der Waals surface area contributed by atoms with E-state index in [4.69, 9.17) is 9.47 Å². The van der Waals surface area contributed by atoms with E-state index in [1.807, 2.05) is 60.7 Å². The average Bonchev–Trinajstić information content (AvgIpc) is 2.59. The van der Waals surface area contributed by atoms with Gasteiger partial charge in [0.25, 0.3) is 0 Å². The van der Waals surface area contributed by atoms with Crippen molar-refractivity contribution in [2.75, 3.05) is 0 Å². The third-order valence-corrected chi connectivity index (χ3v) is 3.50. The highest BCUT2D eigenvalue weighted by Crippen LogP contribution is 2.13. The lowest BCUT2D eigenvalue weighted by molar-refractivity contribution is -0.146. The summed E-state index contributed by atoms with van der Waals surface area (Å²) in [7, 11) is 0. The van der Waals surface area contributed by atoms with Gasteiger partial charge in [-0.2, -0.15) is 0 Å². The first-order chi connectivity index (χ1) is 11.2. The second-order valence-corrected chi connectivity index (χ2v) is 5.40. The number of rotatable bonds is 9. The summed E-state index contributed by atoms with van der Waals surface area (Å²) in [4.78, 5) is 11.4. The van der Waals surface area contributed by atoms with Crippen LogP contribution in [0.5, 0.6) is 0 Å². The van der Waals surface area contributed by atoms with E-state index in [0.29, 0.717) is 19.5 Å². The summed E-state index contributed by atoms with van der Waals surface area (Å²) in [6.45, 7) is 2.20. The number of aliphatic hydroxyl groups excluding tert-OH is 1. The summed E-state index contributed by atoms with van der Waals surface area (Å²) >= 11 is 0. The maximum Gasteiger partial charge on any atom is 0.151 e. The standard InChI is InChI=1S/C19H22O4/c1-15(21)19(23-14-17-10-6-3-7-11-17)18(12-20)22-13-16-8-4-2-5-9-16/h2-12,15,18-19,21H,13-14H2,1H3/t15-,18+,19-/m0/s1. The van der Waals surface area contributed by atoms with Gasteiger partial charge in [0.15, 0.2) is 6.29 Å². The lowest BCUT2D eigenvalue weighted by Gasteiger charge is -2.26. The summed E-state index contributed by atoms with van der Waals surface area (Å²) in [5, 5.41) is 9.92. The van der Waals surface area contributed by atoms with Gasteiger partial charge in [-0.15, -0.1) is 0 Å². The van der Waals surface area contributed by atoms with Crippen molar-refractivity contribution in [3.8, 4) is 0 Å². The SMILES string of the molecule is C[C@H](O)[C@H](OCc1ccccc1)[C@@H](C=O)OCc1ccccc1. The Morgan fingerprint density at radius 3 is 1.83 bits per heavy atom. The van der Waals surface area contributed by atoms with Crippen LogP contribution < -0.4 is 0 Å². The molecule has 122 valence electrons. The van der Waals surface area contributed by atoms with Gasteiger partial charge in [0.2, 0.25) is 0 Å². The summed E-state index contributed by atoms with van der Waals surface area (Å²) in [5.41, 5.74) is 1.94. The maximum atomic E-state index is 11.4. The second kappa shape index (κ2) is 9.20. The number of ether oxygens (including phenoxy) is 2. The smallest absolute Gasteiger partial charge is 0.151 e. The van der Waals surface area contributed by atoms with Gasteiger partial charge in [0.05, 0.1) is 19.3 Å². The van der Waals surface area contributed by atoms with Gasteiger partial charge in [0, 0.05) is 0 Å². The molecule has 0 aliphatic rings. The summed E-state index contributed by atoms with van der Waals surface area (Å²) in [6, 6.07) is 19.2. The number of carbonyl (C=O) groups is 1. The molecule has 0 saturated heterocycles. The minimum Gasteiger partial charge on any atom is -0.391 e. The molecule has 0 fully saturated rings. The predicted octanol–water partition coefficient (Wildman–Crippen LogP) is 2.74. The number of hydrogen-bond acceptors (Lipinski definition) is 4. The van der Waals surface area contributed by atoms with Crippen LogP contribution in [0.2, 0.25) is 0 Å². The Morgan fingerprint density at radius 1 is 0.913 bits per heavy atom. The van der Waals surface area contributed by atoms with E-state index in [9.17, 15) is 9.90 Å². The van der Waals surface area contributed by atoms with Crippen molar-refractivity contribution in [3.63, 3.8) is 0 Å². The summed E-state index contributed by atoms with van der Waals surface area (Å²) in [5.74, 6) is 0.